The summed E-state index contributed by atoms with van der Waals surface area (Å²) in [5.74, 6) is 0.945. The molecule has 0 amide bonds. The molecule has 6 aromatic carbocycles. The second kappa shape index (κ2) is 8.85. The molecule has 0 aromatic heterocycles. The SMILES string of the molecule is C1=CCC(Oc2ccc3c4c(cccc24)-c2c-3c(-c3ccccc3)c3ccccc3c2-c2ccccc2)C=C1. The smallest absolute Gasteiger partial charge is 0.128 e. The Morgan fingerprint density at radius 2 is 1.08 bits per heavy atom. The molecule has 2 aliphatic rings. The van der Waals surface area contributed by atoms with Gasteiger partial charge in [-0.05, 0) is 73.5 Å². The van der Waals surface area contributed by atoms with Gasteiger partial charge in [-0.3, -0.25) is 0 Å². The highest BCUT2D eigenvalue weighted by Crippen LogP contribution is 2.58. The minimum absolute atomic E-state index is 0.0539. The lowest BCUT2D eigenvalue weighted by atomic mass is 9.82. The Morgan fingerprint density at radius 1 is 0.487 bits per heavy atom. The average Bonchev–Trinajstić information content (AvgIpc) is 3.33. The van der Waals surface area contributed by atoms with Crippen LogP contribution in [0.3, 0.4) is 0 Å². The molecule has 1 unspecified atom stereocenters. The van der Waals surface area contributed by atoms with Crippen molar-refractivity contribution in [1.82, 2.24) is 0 Å². The fourth-order valence-corrected chi connectivity index (χ4v) is 6.49. The Hall–Kier alpha value is -4.88. The van der Waals surface area contributed by atoms with Crippen LogP contribution < -0.4 is 4.74 Å². The van der Waals surface area contributed by atoms with Crippen molar-refractivity contribution in [1.29, 1.82) is 0 Å². The van der Waals surface area contributed by atoms with Gasteiger partial charge in [0.2, 0.25) is 0 Å². The molecule has 6 aromatic rings. The second-order valence-corrected chi connectivity index (χ2v) is 10.3. The van der Waals surface area contributed by atoms with E-state index < -0.39 is 0 Å². The number of rotatable bonds is 4. The van der Waals surface area contributed by atoms with Gasteiger partial charge in [-0.25, -0.2) is 0 Å². The normalized spacial score (nSPS) is 15.1. The maximum Gasteiger partial charge on any atom is 0.128 e. The summed E-state index contributed by atoms with van der Waals surface area (Å²) in [5.41, 5.74) is 10.3. The molecule has 0 fully saturated rings. The van der Waals surface area contributed by atoms with Gasteiger partial charge < -0.3 is 4.74 Å². The summed E-state index contributed by atoms with van der Waals surface area (Å²) >= 11 is 0. The van der Waals surface area contributed by atoms with Gasteiger partial charge in [0.25, 0.3) is 0 Å². The molecular weight excluding hydrogens is 472 g/mol. The number of fused-ring (bicyclic) bond motifs is 4. The van der Waals surface area contributed by atoms with Crippen LogP contribution in [0.1, 0.15) is 6.42 Å². The first-order valence-electron chi connectivity index (χ1n) is 13.6. The Balaban J connectivity index is 1.50. The van der Waals surface area contributed by atoms with Crippen molar-refractivity contribution < 1.29 is 4.74 Å². The molecule has 0 saturated heterocycles. The topological polar surface area (TPSA) is 9.23 Å². The molecule has 0 radical (unpaired) electrons. The lowest BCUT2D eigenvalue weighted by Gasteiger charge is -2.20. The van der Waals surface area contributed by atoms with Gasteiger partial charge in [0.05, 0.1) is 0 Å². The molecule has 8 rings (SSSR count). The molecule has 0 N–H and O–H groups in total. The maximum atomic E-state index is 6.57. The first kappa shape index (κ1) is 22.1. The third kappa shape index (κ3) is 3.40. The van der Waals surface area contributed by atoms with Crippen LogP contribution >= 0.6 is 0 Å². The van der Waals surface area contributed by atoms with Crippen LogP contribution in [0.5, 0.6) is 5.75 Å². The van der Waals surface area contributed by atoms with Crippen molar-refractivity contribution in [2.45, 2.75) is 12.5 Å². The number of ether oxygens (including phenoxy) is 1. The van der Waals surface area contributed by atoms with Crippen molar-refractivity contribution in [2.24, 2.45) is 0 Å². The van der Waals surface area contributed by atoms with E-state index in [2.05, 4.69) is 140 Å². The summed E-state index contributed by atoms with van der Waals surface area (Å²) < 4.78 is 6.57. The van der Waals surface area contributed by atoms with Crippen molar-refractivity contribution in [3.05, 3.63) is 140 Å². The summed E-state index contributed by atoms with van der Waals surface area (Å²) in [5, 5.41) is 5.01. The van der Waals surface area contributed by atoms with Crippen molar-refractivity contribution in [3.63, 3.8) is 0 Å². The van der Waals surface area contributed by atoms with Gasteiger partial charge >= 0.3 is 0 Å². The zero-order valence-electron chi connectivity index (χ0n) is 21.5. The van der Waals surface area contributed by atoms with Crippen LogP contribution in [0.15, 0.2) is 140 Å². The molecular formula is C38H26O. The van der Waals surface area contributed by atoms with E-state index in [4.69, 9.17) is 4.74 Å². The first-order valence-corrected chi connectivity index (χ1v) is 13.6. The Kier molecular flexibility index (Phi) is 5.03. The van der Waals surface area contributed by atoms with Gasteiger partial charge in [-0.2, -0.15) is 0 Å². The monoisotopic (exact) mass is 498 g/mol. The van der Waals surface area contributed by atoms with Crippen LogP contribution in [0.2, 0.25) is 0 Å². The first-order chi connectivity index (χ1) is 19.4. The van der Waals surface area contributed by atoms with Gasteiger partial charge in [0, 0.05) is 17.2 Å². The van der Waals surface area contributed by atoms with Crippen LogP contribution in [0.25, 0.3) is 66.1 Å². The summed E-state index contributed by atoms with van der Waals surface area (Å²) in [7, 11) is 0. The zero-order valence-corrected chi connectivity index (χ0v) is 21.5. The predicted molar refractivity (Wildman–Crippen MR) is 164 cm³/mol. The van der Waals surface area contributed by atoms with Crippen molar-refractivity contribution in [2.75, 3.05) is 0 Å². The van der Waals surface area contributed by atoms with Gasteiger partial charge in [0.15, 0.2) is 0 Å². The van der Waals surface area contributed by atoms with Gasteiger partial charge in [-0.15, -0.1) is 0 Å². The summed E-state index contributed by atoms with van der Waals surface area (Å²) in [6.07, 6.45) is 9.43. The quantitative estimate of drug-likeness (QED) is 0.234. The third-order valence-electron chi connectivity index (χ3n) is 8.10. The molecule has 2 aliphatic carbocycles. The van der Waals surface area contributed by atoms with E-state index in [-0.39, 0.29) is 6.10 Å². The standard InChI is InChI=1S/C38H26O/c1-4-13-25(14-5-1)34-28-19-10-11-20-29(28)35(26-15-6-2-7-16-26)38-32-23-24-33(39-27-17-8-3-9-18-27)30-21-12-22-31(36(30)32)37(34)38/h1-17,19-24,27H,18H2. The zero-order chi connectivity index (χ0) is 25.8. The van der Waals surface area contributed by atoms with E-state index in [1.54, 1.807) is 0 Å². The molecule has 0 aliphatic heterocycles. The molecule has 1 nitrogen and oxygen atoms in total. The Labute approximate surface area is 228 Å². The molecule has 1 heteroatoms. The van der Waals surface area contributed by atoms with Crippen LogP contribution in [-0.2, 0) is 0 Å². The fourth-order valence-electron chi connectivity index (χ4n) is 6.49. The van der Waals surface area contributed by atoms with Gasteiger partial charge in [-0.1, -0.05) is 121 Å². The summed E-state index contributed by atoms with van der Waals surface area (Å²) in [6.45, 7) is 0. The maximum absolute atomic E-state index is 6.57. The molecule has 0 saturated carbocycles. The largest absolute Gasteiger partial charge is 0.485 e. The number of allylic oxidation sites excluding steroid dienone is 2. The summed E-state index contributed by atoms with van der Waals surface area (Å²) in [4.78, 5) is 0. The predicted octanol–water partition coefficient (Wildman–Crippen LogP) is 10.2. The van der Waals surface area contributed by atoms with Crippen LogP contribution in [0, 0.1) is 0 Å². The molecule has 0 heterocycles. The van der Waals surface area contributed by atoms with E-state index in [1.807, 2.05) is 0 Å². The highest BCUT2D eigenvalue weighted by Gasteiger charge is 2.31. The van der Waals surface area contributed by atoms with Crippen molar-refractivity contribution >= 4 is 21.5 Å². The van der Waals surface area contributed by atoms with Crippen LogP contribution in [0.4, 0.5) is 0 Å². The van der Waals surface area contributed by atoms with Crippen molar-refractivity contribution in [3.8, 4) is 50.3 Å². The molecule has 0 spiro atoms. The van der Waals surface area contributed by atoms with E-state index in [1.165, 1.54) is 66.1 Å². The lowest BCUT2D eigenvalue weighted by molar-refractivity contribution is 0.255. The number of benzene rings is 6. The van der Waals surface area contributed by atoms with E-state index in [0.717, 1.165) is 12.2 Å². The van der Waals surface area contributed by atoms with E-state index >= 15 is 0 Å². The molecule has 39 heavy (non-hydrogen) atoms. The average molecular weight is 499 g/mol. The molecule has 1 atom stereocenters. The minimum Gasteiger partial charge on any atom is -0.485 e. The highest BCUT2D eigenvalue weighted by molar-refractivity contribution is 6.28. The number of hydrogen-bond donors (Lipinski definition) is 0. The van der Waals surface area contributed by atoms with Crippen LogP contribution in [-0.4, -0.2) is 6.10 Å². The minimum atomic E-state index is 0.0539. The second-order valence-electron chi connectivity index (χ2n) is 10.3. The van der Waals surface area contributed by atoms with Gasteiger partial charge in [0.1, 0.15) is 11.9 Å². The Morgan fingerprint density at radius 3 is 1.69 bits per heavy atom. The Bertz CT molecular complexity index is 1850. The van der Waals surface area contributed by atoms with E-state index in [0.29, 0.717) is 0 Å². The highest BCUT2D eigenvalue weighted by atomic mass is 16.5. The number of hydrogen-bond acceptors (Lipinski definition) is 1. The fraction of sp³-hybridized carbons (Fsp3) is 0.0526. The molecule has 184 valence electrons. The lowest BCUT2D eigenvalue weighted by Crippen LogP contribution is -2.13. The molecule has 0 bridgehead atoms. The third-order valence-corrected chi connectivity index (χ3v) is 8.10. The van der Waals surface area contributed by atoms with E-state index in [9.17, 15) is 0 Å². The summed E-state index contributed by atoms with van der Waals surface area (Å²) in [6, 6.07) is 41.8.